The SMILES string of the molecule is CCC[C@H](NC(=O)[C@@H](O)C(C)(C)C)C(=O)Nc1ncc(-c2ccccc2COc2ccccc2)s1. The van der Waals surface area contributed by atoms with Crippen LogP contribution in [0.3, 0.4) is 0 Å². The second kappa shape index (κ2) is 12.0. The van der Waals surface area contributed by atoms with Gasteiger partial charge >= 0.3 is 0 Å². The Kier molecular flexibility index (Phi) is 9.01. The van der Waals surface area contributed by atoms with E-state index < -0.39 is 23.5 Å². The molecule has 0 saturated carbocycles. The molecule has 1 heterocycles. The third-order valence-corrected chi connectivity index (χ3v) is 6.38. The number of para-hydroxylation sites is 1. The number of rotatable bonds is 10. The number of nitrogens with zero attached hydrogens (tertiary/aromatic N) is 1. The predicted molar refractivity (Wildman–Crippen MR) is 139 cm³/mol. The number of hydrogen-bond acceptors (Lipinski definition) is 6. The van der Waals surface area contributed by atoms with Crippen molar-refractivity contribution >= 4 is 28.3 Å². The number of aromatic nitrogens is 1. The average Bonchev–Trinajstić information content (AvgIpc) is 3.30. The van der Waals surface area contributed by atoms with E-state index in [1.165, 1.54) is 11.3 Å². The smallest absolute Gasteiger partial charge is 0.250 e. The number of aliphatic hydroxyl groups excluding tert-OH is 1. The summed E-state index contributed by atoms with van der Waals surface area (Å²) in [4.78, 5) is 30.6. The van der Waals surface area contributed by atoms with Crippen LogP contribution in [0.1, 0.15) is 46.1 Å². The Hall–Kier alpha value is -3.23. The summed E-state index contributed by atoms with van der Waals surface area (Å²) < 4.78 is 5.92. The number of ether oxygens (including phenoxy) is 1. The van der Waals surface area contributed by atoms with E-state index in [1.807, 2.05) is 61.5 Å². The van der Waals surface area contributed by atoms with Crippen molar-refractivity contribution in [3.8, 4) is 16.2 Å². The van der Waals surface area contributed by atoms with Crippen LogP contribution < -0.4 is 15.4 Å². The van der Waals surface area contributed by atoms with Crippen LogP contribution in [0.4, 0.5) is 5.13 Å². The molecule has 3 aromatic rings. The minimum absolute atomic E-state index is 0.358. The summed E-state index contributed by atoms with van der Waals surface area (Å²) in [6, 6.07) is 16.8. The number of aliphatic hydroxyl groups is 1. The van der Waals surface area contributed by atoms with Gasteiger partial charge in [-0.3, -0.25) is 9.59 Å². The van der Waals surface area contributed by atoms with E-state index in [1.54, 1.807) is 27.0 Å². The van der Waals surface area contributed by atoms with E-state index in [4.69, 9.17) is 4.74 Å². The highest BCUT2D eigenvalue weighted by atomic mass is 32.1. The van der Waals surface area contributed by atoms with Crippen molar-refractivity contribution in [2.75, 3.05) is 5.32 Å². The van der Waals surface area contributed by atoms with Gasteiger partial charge in [0.05, 0.1) is 4.88 Å². The maximum atomic E-state index is 12.9. The van der Waals surface area contributed by atoms with Gasteiger partial charge in [0.25, 0.3) is 0 Å². The summed E-state index contributed by atoms with van der Waals surface area (Å²) in [5.41, 5.74) is 1.36. The van der Waals surface area contributed by atoms with Crippen LogP contribution in [0, 0.1) is 5.41 Å². The molecule has 2 aromatic carbocycles. The maximum Gasteiger partial charge on any atom is 0.250 e. The van der Waals surface area contributed by atoms with Crippen LogP contribution in [-0.2, 0) is 16.2 Å². The number of benzene rings is 2. The van der Waals surface area contributed by atoms with E-state index in [-0.39, 0.29) is 5.91 Å². The van der Waals surface area contributed by atoms with Gasteiger partial charge < -0.3 is 20.5 Å². The van der Waals surface area contributed by atoms with Crippen molar-refractivity contribution in [1.82, 2.24) is 10.3 Å². The number of nitrogens with one attached hydrogen (secondary N) is 2. The van der Waals surface area contributed by atoms with Gasteiger partial charge in [-0.2, -0.15) is 0 Å². The van der Waals surface area contributed by atoms with Crippen molar-refractivity contribution in [2.24, 2.45) is 5.41 Å². The number of amides is 2. The molecule has 0 spiro atoms. The van der Waals surface area contributed by atoms with Gasteiger partial charge in [0, 0.05) is 6.20 Å². The van der Waals surface area contributed by atoms with Gasteiger partial charge in [0.2, 0.25) is 11.8 Å². The molecule has 2 atom stereocenters. The largest absolute Gasteiger partial charge is 0.489 e. The van der Waals surface area contributed by atoms with E-state index in [2.05, 4.69) is 15.6 Å². The Balaban J connectivity index is 1.69. The molecule has 0 fully saturated rings. The number of hydrogen-bond donors (Lipinski definition) is 3. The Labute approximate surface area is 210 Å². The molecule has 0 radical (unpaired) electrons. The molecule has 0 bridgehead atoms. The second-order valence-corrected chi connectivity index (χ2v) is 10.4. The summed E-state index contributed by atoms with van der Waals surface area (Å²) >= 11 is 1.35. The van der Waals surface area contributed by atoms with Gasteiger partial charge in [-0.15, -0.1) is 0 Å². The Morgan fingerprint density at radius 3 is 2.43 bits per heavy atom. The summed E-state index contributed by atoms with van der Waals surface area (Å²) in [7, 11) is 0. The fraction of sp³-hybridized carbons (Fsp3) is 0.370. The van der Waals surface area contributed by atoms with E-state index in [9.17, 15) is 14.7 Å². The molecule has 0 aliphatic rings. The first-order valence-electron chi connectivity index (χ1n) is 11.7. The Morgan fingerprint density at radius 2 is 1.74 bits per heavy atom. The van der Waals surface area contributed by atoms with E-state index >= 15 is 0 Å². The van der Waals surface area contributed by atoms with Crippen molar-refractivity contribution in [1.29, 1.82) is 0 Å². The molecular formula is C27H33N3O4S. The number of carbonyl (C=O) groups excluding carboxylic acids is 2. The van der Waals surface area contributed by atoms with Gasteiger partial charge in [0.15, 0.2) is 5.13 Å². The quantitative estimate of drug-likeness (QED) is 0.367. The molecule has 0 unspecified atom stereocenters. The average molecular weight is 496 g/mol. The topological polar surface area (TPSA) is 101 Å². The standard InChI is InChI=1S/C27H33N3O4S/c1-5-11-21(29-25(33)23(31)27(2,3)4)24(32)30-26-28-16-22(35-26)20-15-10-9-12-18(20)17-34-19-13-7-6-8-14-19/h6-10,12-16,21,23,31H,5,11,17H2,1-4H3,(H,29,33)(H,28,30,32)/t21-,23+/m0/s1. The second-order valence-electron chi connectivity index (χ2n) is 9.40. The lowest BCUT2D eigenvalue weighted by Crippen LogP contribution is -2.50. The summed E-state index contributed by atoms with van der Waals surface area (Å²) in [6.07, 6.45) is 1.66. The zero-order valence-electron chi connectivity index (χ0n) is 20.6. The van der Waals surface area contributed by atoms with Crippen LogP contribution in [0.25, 0.3) is 10.4 Å². The molecule has 3 rings (SSSR count). The zero-order valence-corrected chi connectivity index (χ0v) is 21.4. The molecule has 8 heteroatoms. The van der Waals surface area contributed by atoms with Crippen LogP contribution in [0.15, 0.2) is 60.8 Å². The molecule has 0 saturated heterocycles. The van der Waals surface area contributed by atoms with Crippen LogP contribution in [-0.4, -0.2) is 34.1 Å². The van der Waals surface area contributed by atoms with E-state index in [0.717, 1.165) is 21.8 Å². The van der Waals surface area contributed by atoms with Crippen LogP contribution >= 0.6 is 11.3 Å². The molecule has 3 N–H and O–H groups in total. The normalized spacial score (nSPS) is 13.1. The molecule has 7 nitrogen and oxygen atoms in total. The zero-order chi connectivity index (χ0) is 25.4. The van der Waals surface area contributed by atoms with Crippen LogP contribution in [0.2, 0.25) is 0 Å². The third kappa shape index (κ3) is 7.37. The number of thiazole rings is 1. The number of anilines is 1. The highest BCUT2D eigenvalue weighted by Gasteiger charge is 2.32. The molecule has 0 aliphatic carbocycles. The van der Waals surface area contributed by atoms with E-state index in [0.29, 0.717) is 24.6 Å². The number of carbonyl (C=O) groups is 2. The first-order chi connectivity index (χ1) is 16.7. The fourth-order valence-corrected chi connectivity index (χ4v) is 4.29. The lowest BCUT2D eigenvalue weighted by molar-refractivity contribution is -0.137. The van der Waals surface area contributed by atoms with Crippen molar-refractivity contribution in [2.45, 2.75) is 59.3 Å². The fourth-order valence-electron chi connectivity index (χ4n) is 3.41. The summed E-state index contributed by atoms with van der Waals surface area (Å²) in [6.45, 7) is 7.65. The Bertz CT molecular complexity index is 1120. The third-order valence-electron chi connectivity index (χ3n) is 5.44. The van der Waals surface area contributed by atoms with Gasteiger partial charge in [-0.25, -0.2) is 4.98 Å². The molecule has 186 valence electrons. The highest BCUT2D eigenvalue weighted by molar-refractivity contribution is 7.19. The molecule has 1 aromatic heterocycles. The lowest BCUT2D eigenvalue weighted by Gasteiger charge is -2.26. The molecule has 0 aliphatic heterocycles. The summed E-state index contributed by atoms with van der Waals surface area (Å²) in [5.74, 6) is -0.124. The van der Waals surface area contributed by atoms with Gasteiger partial charge in [0.1, 0.15) is 24.5 Å². The first kappa shape index (κ1) is 26.4. The minimum atomic E-state index is -1.21. The lowest BCUT2D eigenvalue weighted by atomic mass is 9.88. The highest BCUT2D eigenvalue weighted by Crippen LogP contribution is 2.32. The van der Waals surface area contributed by atoms with Gasteiger partial charge in [-0.05, 0) is 35.1 Å². The maximum absolute atomic E-state index is 12.9. The van der Waals surface area contributed by atoms with Crippen molar-refractivity contribution in [3.63, 3.8) is 0 Å². The van der Waals surface area contributed by atoms with Crippen LogP contribution in [0.5, 0.6) is 5.75 Å². The monoisotopic (exact) mass is 495 g/mol. The van der Waals surface area contributed by atoms with Crippen molar-refractivity contribution in [3.05, 3.63) is 66.4 Å². The first-order valence-corrected chi connectivity index (χ1v) is 12.5. The predicted octanol–water partition coefficient (Wildman–Crippen LogP) is 5.02. The molecule has 35 heavy (non-hydrogen) atoms. The molecule has 2 amide bonds. The van der Waals surface area contributed by atoms with Gasteiger partial charge in [-0.1, -0.05) is 87.9 Å². The molecular weight excluding hydrogens is 462 g/mol. The Morgan fingerprint density at radius 1 is 1.06 bits per heavy atom. The van der Waals surface area contributed by atoms with Crippen molar-refractivity contribution < 1.29 is 19.4 Å². The summed E-state index contributed by atoms with van der Waals surface area (Å²) in [5, 5.41) is 16.2. The minimum Gasteiger partial charge on any atom is -0.489 e.